The van der Waals surface area contributed by atoms with Gasteiger partial charge in [0.25, 0.3) is 6.43 Å². The molecule has 0 radical (unpaired) electrons. The molecule has 0 spiro atoms. The van der Waals surface area contributed by atoms with E-state index in [1.165, 1.54) is 13.2 Å². The van der Waals surface area contributed by atoms with Crippen LogP contribution in [0.3, 0.4) is 0 Å². The van der Waals surface area contributed by atoms with Crippen LogP contribution in [-0.4, -0.2) is 7.11 Å². The van der Waals surface area contributed by atoms with Crippen LogP contribution in [0, 0.1) is 0 Å². The molecule has 2 rings (SSSR count). The second kappa shape index (κ2) is 5.76. The summed E-state index contributed by atoms with van der Waals surface area (Å²) >= 11 is 11.7. The summed E-state index contributed by atoms with van der Waals surface area (Å²) in [5, 5.41) is 0.715. The predicted molar refractivity (Wildman–Crippen MR) is 73.4 cm³/mol. The summed E-state index contributed by atoms with van der Waals surface area (Å²) < 4.78 is 31.1. The normalized spacial score (nSPS) is 10.8. The summed E-state index contributed by atoms with van der Waals surface area (Å²) in [4.78, 5) is 0. The molecule has 0 unspecified atom stereocenters. The summed E-state index contributed by atoms with van der Waals surface area (Å²) in [5.41, 5.74) is 0.902. The van der Waals surface area contributed by atoms with Crippen LogP contribution < -0.4 is 4.74 Å². The van der Waals surface area contributed by atoms with Crippen LogP contribution in [0.1, 0.15) is 12.0 Å². The first kappa shape index (κ1) is 14.1. The summed E-state index contributed by atoms with van der Waals surface area (Å²) in [6.07, 6.45) is -2.60. The van der Waals surface area contributed by atoms with Crippen LogP contribution in [0.25, 0.3) is 11.1 Å². The SMILES string of the molecule is COc1ccc(-c2ccc(Cl)c(Cl)c2)c(C(F)F)c1. The Morgan fingerprint density at radius 1 is 1.00 bits per heavy atom. The largest absolute Gasteiger partial charge is 0.497 e. The molecule has 0 N–H and O–H groups in total. The predicted octanol–water partition coefficient (Wildman–Crippen LogP) is 5.61. The molecule has 0 aliphatic heterocycles. The van der Waals surface area contributed by atoms with Crippen molar-refractivity contribution in [2.75, 3.05) is 7.11 Å². The standard InChI is InChI=1S/C14H10Cl2F2O/c1-19-9-3-4-10(11(7-9)14(17)18)8-2-5-12(15)13(16)6-8/h2-7,14H,1H3. The molecule has 100 valence electrons. The van der Waals surface area contributed by atoms with Gasteiger partial charge in [0.2, 0.25) is 0 Å². The lowest BCUT2D eigenvalue weighted by Gasteiger charge is -2.11. The lowest BCUT2D eigenvalue weighted by Crippen LogP contribution is -1.93. The molecule has 2 aromatic rings. The molecular weight excluding hydrogens is 293 g/mol. The quantitative estimate of drug-likeness (QED) is 0.716. The molecule has 0 heterocycles. The number of benzene rings is 2. The number of methoxy groups -OCH3 is 1. The second-order valence-electron chi connectivity index (χ2n) is 3.88. The summed E-state index contributed by atoms with van der Waals surface area (Å²) in [6.45, 7) is 0. The molecule has 0 saturated carbocycles. The topological polar surface area (TPSA) is 9.23 Å². The van der Waals surface area contributed by atoms with E-state index in [9.17, 15) is 8.78 Å². The van der Waals surface area contributed by atoms with Crippen molar-refractivity contribution in [2.24, 2.45) is 0 Å². The monoisotopic (exact) mass is 302 g/mol. The van der Waals surface area contributed by atoms with E-state index in [2.05, 4.69) is 0 Å². The third-order valence-electron chi connectivity index (χ3n) is 2.72. The zero-order valence-corrected chi connectivity index (χ0v) is 11.5. The van der Waals surface area contributed by atoms with Gasteiger partial charge in [-0.25, -0.2) is 8.78 Å². The van der Waals surface area contributed by atoms with Gasteiger partial charge in [0, 0.05) is 5.56 Å². The van der Waals surface area contributed by atoms with Gasteiger partial charge in [0.15, 0.2) is 0 Å². The van der Waals surface area contributed by atoms with Crippen molar-refractivity contribution in [1.29, 1.82) is 0 Å². The van der Waals surface area contributed by atoms with Gasteiger partial charge < -0.3 is 4.74 Å². The van der Waals surface area contributed by atoms with Crippen molar-refractivity contribution in [3.05, 3.63) is 52.0 Å². The smallest absolute Gasteiger partial charge is 0.264 e. The van der Waals surface area contributed by atoms with Crippen molar-refractivity contribution in [3.8, 4) is 16.9 Å². The molecule has 1 nitrogen and oxygen atoms in total. The first-order valence-electron chi connectivity index (χ1n) is 5.44. The Balaban J connectivity index is 2.57. The minimum absolute atomic E-state index is 0.0993. The molecule has 0 aliphatic carbocycles. The van der Waals surface area contributed by atoms with E-state index in [1.807, 2.05) is 0 Å². The van der Waals surface area contributed by atoms with Gasteiger partial charge in [-0.05, 0) is 35.4 Å². The Morgan fingerprint density at radius 3 is 2.32 bits per heavy atom. The highest BCUT2D eigenvalue weighted by Gasteiger charge is 2.16. The fourth-order valence-electron chi connectivity index (χ4n) is 1.77. The van der Waals surface area contributed by atoms with E-state index < -0.39 is 6.43 Å². The molecule has 0 saturated heterocycles. The maximum absolute atomic E-state index is 13.1. The van der Waals surface area contributed by atoms with E-state index in [4.69, 9.17) is 27.9 Å². The summed E-state index contributed by atoms with van der Waals surface area (Å²) in [5.74, 6) is 0.388. The van der Waals surface area contributed by atoms with E-state index in [0.717, 1.165) is 0 Å². The maximum atomic E-state index is 13.1. The fraction of sp³-hybridized carbons (Fsp3) is 0.143. The van der Waals surface area contributed by atoms with Gasteiger partial charge in [-0.1, -0.05) is 35.3 Å². The van der Waals surface area contributed by atoms with Gasteiger partial charge in [-0.15, -0.1) is 0 Å². The van der Waals surface area contributed by atoms with Crippen molar-refractivity contribution in [3.63, 3.8) is 0 Å². The van der Waals surface area contributed by atoms with E-state index in [-0.39, 0.29) is 5.56 Å². The first-order chi connectivity index (χ1) is 9.02. The second-order valence-corrected chi connectivity index (χ2v) is 4.70. The number of hydrogen-bond acceptors (Lipinski definition) is 1. The lowest BCUT2D eigenvalue weighted by atomic mass is 9.99. The molecule has 0 aromatic heterocycles. The zero-order chi connectivity index (χ0) is 14.0. The maximum Gasteiger partial charge on any atom is 0.264 e. The van der Waals surface area contributed by atoms with Gasteiger partial charge in [0.05, 0.1) is 17.2 Å². The molecule has 0 atom stereocenters. The first-order valence-corrected chi connectivity index (χ1v) is 6.20. The minimum atomic E-state index is -2.60. The van der Waals surface area contributed by atoms with Crippen LogP contribution in [0.4, 0.5) is 8.78 Å². The molecule has 0 amide bonds. The molecule has 0 bridgehead atoms. The number of rotatable bonds is 3. The van der Waals surface area contributed by atoms with Crippen molar-refractivity contribution < 1.29 is 13.5 Å². The van der Waals surface area contributed by atoms with E-state index >= 15 is 0 Å². The highest BCUT2D eigenvalue weighted by Crippen LogP contribution is 2.36. The van der Waals surface area contributed by atoms with E-state index in [0.29, 0.717) is 26.9 Å². The Kier molecular flexibility index (Phi) is 4.27. The van der Waals surface area contributed by atoms with Crippen LogP contribution in [0.5, 0.6) is 5.75 Å². The highest BCUT2D eigenvalue weighted by molar-refractivity contribution is 6.42. The Labute approximate surface area is 119 Å². The minimum Gasteiger partial charge on any atom is -0.497 e. The summed E-state index contributed by atoms with van der Waals surface area (Å²) in [7, 11) is 1.43. The third-order valence-corrected chi connectivity index (χ3v) is 3.46. The van der Waals surface area contributed by atoms with Crippen LogP contribution in [-0.2, 0) is 0 Å². The van der Waals surface area contributed by atoms with Crippen LogP contribution >= 0.6 is 23.2 Å². The van der Waals surface area contributed by atoms with Gasteiger partial charge >= 0.3 is 0 Å². The third kappa shape index (κ3) is 2.99. The fourth-order valence-corrected chi connectivity index (χ4v) is 2.07. The van der Waals surface area contributed by atoms with Crippen LogP contribution in [0.2, 0.25) is 10.0 Å². The highest BCUT2D eigenvalue weighted by atomic mass is 35.5. The van der Waals surface area contributed by atoms with Crippen molar-refractivity contribution >= 4 is 23.2 Å². The van der Waals surface area contributed by atoms with Gasteiger partial charge in [0.1, 0.15) is 5.75 Å². The van der Waals surface area contributed by atoms with Gasteiger partial charge in [-0.2, -0.15) is 0 Å². The summed E-state index contributed by atoms with van der Waals surface area (Å²) in [6, 6.07) is 9.34. The Bertz CT molecular complexity index is 600. The average Bonchev–Trinajstić information content (AvgIpc) is 2.41. The van der Waals surface area contributed by atoms with Crippen LogP contribution in [0.15, 0.2) is 36.4 Å². The number of alkyl halides is 2. The zero-order valence-electron chi connectivity index (χ0n) is 9.96. The molecule has 2 aromatic carbocycles. The Morgan fingerprint density at radius 2 is 1.74 bits per heavy atom. The van der Waals surface area contributed by atoms with Crippen molar-refractivity contribution in [1.82, 2.24) is 0 Å². The Hall–Kier alpha value is -1.32. The lowest BCUT2D eigenvalue weighted by molar-refractivity contribution is 0.151. The molecule has 0 fully saturated rings. The van der Waals surface area contributed by atoms with Gasteiger partial charge in [-0.3, -0.25) is 0 Å². The average molecular weight is 303 g/mol. The molecule has 5 heteroatoms. The molecule has 0 aliphatic rings. The molecular formula is C14H10Cl2F2O. The molecule has 19 heavy (non-hydrogen) atoms. The van der Waals surface area contributed by atoms with Crippen molar-refractivity contribution in [2.45, 2.75) is 6.43 Å². The number of halogens is 4. The van der Waals surface area contributed by atoms with E-state index in [1.54, 1.807) is 30.3 Å². The number of ether oxygens (including phenoxy) is 1. The number of hydrogen-bond donors (Lipinski definition) is 0.